The van der Waals surface area contributed by atoms with Gasteiger partial charge in [0.2, 0.25) is 0 Å². The third-order valence-corrected chi connectivity index (χ3v) is 3.36. The van der Waals surface area contributed by atoms with E-state index in [1.54, 1.807) is 18.5 Å². The van der Waals surface area contributed by atoms with Crippen molar-refractivity contribution in [2.45, 2.75) is 0 Å². The third-order valence-electron chi connectivity index (χ3n) is 2.75. The summed E-state index contributed by atoms with van der Waals surface area (Å²) in [6.45, 7) is 0. The van der Waals surface area contributed by atoms with Crippen molar-refractivity contribution in [3.05, 3.63) is 52.8 Å². The summed E-state index contributed by atoms with van der Waals surface area (Å²) in [5, 5.41) is 11.7. The molecule has 0 radical (unpaired) electrons. The molecule has 0 bridgehead atoms. The lowest BCUT2D eigenvalue weighted by molar-refractivity contribution is 0.318. The molecular formula is C13H13BrN4O. The number of halogens is 1. The Morgan fingerprint density at radius 1 is 1.42 bits per heavy atom. The standard InChI is InChI=1S/C13H13BrN4O/c1-18(12-5-6-16-8-11(12)14)10-4-2-3-9(7-10)13(15)17-19/h2-8,19H,1H3,(H2,15,17). The van der Waals surface area contributed by atoms with Crippen molar-refractivity contribution in [1.82, 2.24) is 4.98 Å². The normalized spacial score (nSPS) is 11.4. The highest BCUT2D eigenvalue weighted by Crippen LogP contribution is 2.30. The second-order valence-corrected chi connectivity index (χ2v) is 4.78. The van der Waals surface area contributed by atoms with E-state index in [4.69, 9.17) is 10.9 Å². The quantitative estimate of drug-likeness (QED) is 0.394. The zero-order valence-electron chi connectivity index (χ0n) is 10.3. The molecule has 5 nitrogen and oxygen atoms in total. The van der Waals surface area contributed by atoms with Crippen LogP contribution in [0.25, 0.3) is 0 Å². The van der Waals surface area contributed by atoms with Crippen molar-refractivity contribution < 1.29 is 5.21 Å². The molecular weight excluding hydrogens is 308 g/mol. The molecule has 0 amide bonds. The summed E-state index contributed by atoms with van der Waals surface area (Å²) in [5.41, 5.74) is 8.16. The molecule has 0 fully saturated rings. The molecule has 0 unspecified atom stereocenters. The lowest BCUT2D eigenvalue weighted by atomic mass is 10.1. The third kappa shape index (κ3) is 2.85. The maximum absolute atomic E-state index is 8.71. The first-order chi connectivity index (χ1) is 9.13. The van der Waals surface area contributed by atoms with E-state index < -0.39 is 0 Å². The summed E-state index contributed by atoms with van der Waals surface area (Å²) in [6.07, 6.45) is 3.46. The van der Waals surface area contributed by atoms with Crippen LogP contribution in [-0.2, 0) is 0 Å². The summed E-state index contributed by atoms with van der Waals surface area (Å²) in [6, 6.07) is 9.34. The number of amidine groups is 1. The molecule has 0 aliphatic carbocycles. The van der Waals surface area contributed by atoms with Crippen LogP contribution in [0.1, 0.15) is 5.56 Å². The van der Waals surface area contributed by atoms with Crippen molar-refractivity contribution in [2.75, 3.05) is 11.9 Å². The van der Waals surface area contributed by atoms with Gasteiger partial charge < -0.3 is 15.8 Å². The Hall–Kier alpha value is -2.08. The van der Waals surface area contributed by atoms with Crippen molar-refractivity contribution in [1.29, 1.82) is 0 Å². The largest absolute Gasteiger partial charge is 0.409 e. The zero-order valence-corrected chi connectivity index (χ0v) is 11.9. The average Bonchev–Trinajstić information content (AvgIpc) is 2.46. The fourth-order valence-corrected chi connectivity index (χ4v) is 2.23. The Bertz CT molecular complexity index is 615. The lowest BCUT2D eigenvalue weighted by Crippen LogP contribution is -2.15. The van der Waals surface area contributed by atoms with E-state index >= 15 is 0 Å². The number of oxime groups is 1. The topological polar surface area (TPSA) is 74.7 Å². The number of anilines is 2. The molecule has 0 saturated carbocycles. The van der Waals surface area contributed by atoms with Crippen LogP contribution in [0, 0.1) is 0 Å². The van der Waals surface area contributed by atoms with Gasteiger partial charge in [0, 0.05) is 30.7 Å². The number of aromatic nitrogens is 1. The molecule has 0 aliphatic heterocycles. The first kappa shape index (κ1) is 13.4. The molecule has 0 saturated heterocycles. The number of benzene rings is 1. The van der Waals surface area contributed by atoms with Crippen LogP contribution in [0.3, 0.4) is 0 Å². The molecule has 3 N–H and O–H groups in total. The van der Waals surface area contributed by atoms with Gasteiger partial charge in [0.15, 0.2) is 5.84 Å². The fourth-order valence-electron chi connectivity index (χ4n) is 1.71. The predicted octanol–water partition coefficient (Wildman–Crippen LogP) is 2.71. The fraction of sp³-hybridized carbons (Fsp3) is 0.0769. The monoisotopic (exact) mass is 320 g/mol. The van der Waals surface area contributed by atoms with Crippen LogP contribution in [-0.4, -0.2) is 23.1 Å². The molecule has 0 spiro atoms. The number of nitrogens with two attached hydrogens (primary N) is 1. The van der Waals surface area contributed by atoms with Gasteiger partial charge in [-0.15, -0.1) is 0 Å². The van der Waals surface area contributed by atoms with Crippen LogP contribution in [0.2, 0.25) is 0 Å². The van der Waals surface area contributed by atoms with Gasteiger partial charge in [0.05, 0.1) is 10.2 Å². The van der Waals surface area contributed by atoms with E-state index in [1.807, 2.05) is 36.2 Å². The van der Waals surface area contributed by atoms with Crippen molar-refractivity contribution in [3.8, 4) is 0 Å². The van der Waals surface area contributed by atoms with E-state index in [9.17, 15) is 0 Å². The van der Waals surface area contributed by atoms with Crippen LogP contribution in [0.4, 0.5) is 11.4 Å². The average molecular weight is 321 g/mol. The SMILES string of the molecule is CN(c1cccc(/C(N)=N/O)c1)c1ccncc1Br. The number of hydrogen-bond donors (Lipinski definition) is 2. The lowest BCUT2D eigenvalue weighted by Gasteiger charge is -2.21. The zero-order chi connectivity index (χ0) is 13.8. The Balaban J connectivity index is 2.40. The van der Waals surface area contributed by atoms with Crippen LogP contribution in [0.15, 0.2) is 52.4 Å². The Kier molecular flexibility index (Phi) is 4.01. The summed E-state index contributed by atoms with van der Waals surface area (Å²) < 4.78 is 0.895. The summed E-state index contributed by atoms with van der Waals surface area (Å²) >= 11 is 3.46. The van der Waals surface area contributed by atoms with Gasteiger partial charge in [-0.1, -0.05) is 17.3 Å². The molecule has 6 heteroatoms. The number of hydrogen-bond acceptors (Lipinski definition) is 4. The molecule has 0 atom stereocenters. The highest BCUT2D eigenvalue weighted by atomic mass is 79.9. The molecule has 2 aromatic rings. The highest BCUT2D eigenvalue weighted by Gasteiger charge is 2.09. The van der Waals surface area contributed by atoms with E-state index in [0.717, 1.165) is 15.8 Å². The van der Waals surface area contributed by atoms with Gasteiger partial charge in [0.1, 0.15) is 0 Å². The van der Waals surface area contributed by atoms with Gasteiger partial charge in [-0.05, 0) is 34.1 Å². The molecule has 19 heavy (non-hydrogen) atoms. The Morgan fingerprint density at radius 3 is 2.89 bits per heavy atom. The van der Waals surface area contributed by atoms with Gasteiger partial charge >= 0.3 is 0 Å². The maximum atomic E-state index is 8.71. The second-order valence-electron chi connectivity index (χ2n) is 3.92. The number of pyridine rings is 1. The summed E-state index contributed by atoms with van der Waals surface area (Å²) in [4.78, 5) is 6.02. The van der Waals surface area contributed by atoms with Crippen LogP contribution < -0.4 is 10.6 Å². The van der Waals surface area contributed by atoms with Crippen molar-refractivity contribution in [2.24, 2.45) is 10.9 Å². The van der Waals surface area contributed by atoms with E-state index in [0.29, 0.717) is 5.56 Å². The van der Waals surface area contributed by atoms with E-state index in [2.05, 4.69) is 26.1 Å². The minimum absolute atomic E-state index is 0.0871. The van der Waals surface area contributed by atoms with E-state index in [-0.39, 0.29) is 5.84 Å². The maximum Gasteiger partial charge on any atom is 0.170 e. The summed E-state index contributed by atoms with van der Waals surface area (Å²) in [5.74, 6) is 0.0871. The first-order valence-electron chi connectivity index (χ1n) is 5.54. The molecule has 0 aliphatic rings. The van der Waals surface area contributed by atoms with Gasteiger partial charge in [-0.2, -0.15) is 0 Å². The van der Waals surface area contributed by atoms with Gasteiger partial charge in [-0.3, -0.25) is 4.98 Å². The number of nitrogens with zero attached hydrogens (tertiary/aromatic N) is 3. The van der Waals surface area contributed by atoms with Crippen LogP contribution in [0.5, 0.6) is 0 Å². The molecule has 2 rings (SSSR count). The smallest absolute Gasteiger partial charge is 0.170 e. The minimum Gasteiger partial charge on any atom is -0.409 e. The van der Waals surface area contributed by atoms with Gasteiger partial charge in [0.25, 0.3) is 0 Å². The Labute approximate surface area is 119 Å². The van der Waals surface area contributed by atoms with Crippen LogP contribution >= 0.6 is 15.9 Å². The van der Waals surface area contributed by atoms with E-state index in [1.165, 1.54) is 0 Å². The van der Waals surface area contributed by atoms with Crippen molar-refractivity contribution in [3.63, 3.8) is 0 Å². The Morgan fingerprint density at radius 2 is 2.21 bits per heavy atom. The van der Waals surface area contributed by atoms with Crippen molar-refractivity contribution >= 4 is 33.1 Å². The number of rotatable bonds is 3. The predicted molar refractivity (Wildman–Crippen MR) is 79.0 cm³/mol. The van der Waals surface area contributed by atoms with Gasteiger partial charge in [-0.25, -0.2) is 0 Å². The summed E-state index contributed by atoms with van der Waals surface area (Å²) in [7, 11) is 1.94. The highest BCUT2D eigenvalue weighted by molar-refractivity contribution is 9.10. The second kappa shape index (κ2) is 5.71. The molecule has 1 aromatic carbocycles. The minimum atomic E-state index is 0.0871. The molecule has 1 heterocycles. The molecule has 1 aromatic heterocycles. The molecule has 98 valence electrons. The first-order valence-corrected chi connectivity index (χ1v) is 6.34.